The number of aromatic nitrogens is 2. The van der Waals surface area contributed by atoms with Gasteiger partial charge in [-0.3, -0.25) is 19.6 Å². The predicted octanol–water partition coefficient (Wildman–Crippen LogP) is 2.66. The van der Waals surface area contributed by atoms with Crippen molar-refractivity contribution in [1.29, 1.82) is 0 Å². The molecule has 0 spiro atoms. The zero-order chi connectivity index (χ0) is 20.6. The van der Waals surface area contributed by atoms with Gasteiger partial charge in [0.2, 0.25) is 0 Å². The zero-order valence-corrected chi connectivity index (χ0v) is 16.8. The van der Waals surface area contributed by atoms with Crippen molar-refractivity contribution in [1.82, 2.24) is 14.7 Å². The van der Waals surface area contributed by atoms with Crippen LogP contribution in [0, 0.1) is 29.4 Å². The van der Waals surface area contributed by atoms with Gasteiger partial charge in [-0.05, 0) is 43.4 Å². The molecule has 1 amide bonds. The third-order valence-electron chi connectivity index (χ3n) is 5.66. The van der Waals surface area contributed by atoms with Crippen molar-refractivity contribution in [2.45, 2.75) is 46.7 Å². The summed E-state index contributed by atoms with van der Waals surface area (Å²) in [6.07, 6.45) is 0.799. The lowest BCUT2D eigenvalue weighted by Crippen LogP contribution is -2.53. The zero-order valence-electron chi connectivity index (χ0n) is 16.8. The molecule has 1 aliphatic heterocycles. The van der Waals surface area contributed by atoms with Gasteiger partial charge >= 0.3 is 5.69 Å². The van der Waals surface area contributed by atoms with Crippen molar-refractivity contribution in [3.63, 3.8) is 0 Å². The predicted molar refractivity (Wildman–Crippen MR) is 106 cm³/mol. The molecule has 1 aromatic carbocycles. The second kappa shape index (κ2) is 7.35. The molecule has 150 valence electrons. The van der Waals surface area contributed by atoms with Crippen LogP contribution in [0.15, 0.2) is 24.3 Å². The first-order valence-corrected chi connectivity index (χ1v) is 9.42. The summed E-state index contributed by atoms with van der Waals surface area (Å²) >= 11 is 0. The molecule has 1 aromatic heterocycles. The van der Waals surface area contributed by atoms with Crippen molar-refractivity contribution >= 4 is 11.6 Å². The first-order chi connectivity index (χ1) is 13.1. The Morgan fingerprint density at radius 2 is 1.96 bits per heavy atom. The van der Waals surface area contributed by atoms with Gasteiger partial charge in [-0.2, -0.15) is 5.10 Å². The SMILES string of the molecule is Cc1nn(Cc2ccc(C(=O)N3CCC(N)C(C)(C)C3)cc2)c(C)c1[N+](=O)[O-]. The fourth-order valence-corrected chi connectivity index (χ4v) is 3.76. The van der Waals surface area contributed by atoms with E-state index in [0.29, 0.717) is 36.6 Å². The van der Waals surface area contributed by atoms with Gasteiger partial charge in [0.1, 0.15) is 11.4 Å². The summed E-state index contributed by atoms with van der Waals surface area (Å²) in [5.74, 6) is 0.00766. The van der Waals surface area contributed by atoms with Gasteiger partial charge in [-0.15, -0.1) is 0 Å². The van der Waals surface area contributed by atoms with E-state index in [4.69, 9.17) is 5.73 Å². The molecule has 0 radical (unpaired) electrons. The summed E-state index contributed by atoms with van der Waals surface area (Å²) < 4.78 is 1.62. The maximum Gasteiger partial charge on any atom is 0.312 e. The summed E-state index contributed by atoms with van der Waals surface area (Å²) in [5, 5.41) is 15.4. The standard InChI is InChI=1S/C20H27N5O3/c1-13-18(25(27)28)14(2)24(22-13)11-15-5-7-16(8-6-15)19(26)23-10-9-17(21)20(3,4)12-23/h5-8,17H,9-12,21H2,1-4H3. The molecule has 1 fully saturated rings. The number of nitrogens with zero attached hydrogens (tertiary/aromatic N) is 4. The third kappa shape index (κ3) is 3.77. The van der Waals surface area contributed by atoms with E-state index in [1.54, 1.807) is 30.7 Å². The topological polar surface area (TPSA) is 107 Å². The lowest BCUT2D eigenvalue weighted by Gasteiger charge is -2.42. The molecule has 2 N–H and O–H groups in total. The number of amides is 1. The summed E-state index contributed by atoms with van der Waals surface area (Å²) in [5.41, 5.74) is 8.60. The van der Waals surface area contributed by atoms with Crippen LogP contribution in [0.3, 0.4) is 0 Å². The monoisotopic (exact) mass is 385 g/mol. The van der Waals surface area contributed by atoms with Crippen LogP contribution in [0.2, 0.25) is 0 Å². The van der Waals surface area contributed by atoms with Crippen molar-refractivity contribution in [2.24, 2.45) is 11.1 Å². The molecule has 0 aliphatic carbocycles. The Balaban J connectivity index is 1.73. The number of aryl methyl sites for hydroxylation is 1. The lowest BCUT2D eigenvalue weighted by atomic mass is 9.79. The Kier molecular flexibility index (Phi) is 5.25. The average Bonchev–Trinajstić information content (AvgIpc) is 2.91. The number of nitro groups is 1. The molecule has 8 nitrogen and oxygen atoms in total. The maximum absolute atomic E-state index is 12.8. The van der Waals surface area contributed by atoms with Gasteiger partial charge in [-0.1, -0.05) is 26.0 Å². The number of hydrogen-bond donors (Lipinski definition) is 1. The van der Waals surface area contributed by atoms with Crippen LogP contribution in [0.25, 0.3) is 0 Å². The smallest absolute Gasteiger partial charge is 0.312 e. The Morgan fingerprint density at radius 1 is 1.32 bits per heavy atom. The molecule has 1 atom stereocenters. The molecule has 28 heavy (non-hydrogen) atoms. The van der Waals surface area contributed by atoms with Crippen LogP contribution < -0.4 is 5.73 Å². The Bertz CT molecular complexity index is 901. The van der Waals surface area contributed by atoms with E-state index >= 15 is 0 Å². The quantitative estimate of drug-likeness (QED) is 0.643. The van der Waals surface area contributed by atoms with Gasteiger partial charge < -0.3 is 10.6 Å². The van der Waals surface area contributed by atoms with Crippen molar-refractivity contribution in [3.8, 4) is 0 Å². The molecule has 0 bridgehead atoms. The Morgan fingerprint density at radius 3 is 2.50 bits per heavy atom. The van der Waals surface area contributed by atoms with E-state index in [0.717, 1.165) is 12.0 Å². The summed E-state index contributed by atoms with van der Waals surface area (Å²) in [6, 6.07) is 7.45. The highest BCUT2D eigenvalue weighted by Crippen LogP contribution is 2.28. The number of carbonyl (C=O) groups excluding carboxylic acids is 1. The number of rotatable bonds is 4. The van der Waals surface area contributed by atoms with Crippen LogP contribution in [0.4, 0.5) is 5.69 Å². The molecule has 0 saturated carbocycles. The van der Waals surface area contributed by atoms with Crippen LogP contribution in [0.5, 0.6) is 0 Å². The minimum Gasteiger partial charge on any atom is -0.338 e. The molecule has 1 unspecified atom stereocenters. The van der Waals surface area contributed by atoms with E-state index in [2.05, 4.69) is 18.9 Å². The van der Waals surface area contributed by atoms with Crippen LogP contribution in [-0.4, -0.2) is 44.6 Å². The lowest BCUT2D eigenvalue weighted by molar-refractivity contribution is -0.386. The van der Waals surface area contributed by atoms with E-state index in [1.807, 2.05) is 17.0 Å². The van der Waals surface area contributed by atoms with Crippen molar-refractivity contribution < 1.29 is 9.72 Å². The van der Waals surface area contributed by atoms with Crippen LogP contribution in [0.1, 0.15) is 47.6 Å². The maximum atomic E-state index is 12.8. The van der Waals surface area contributed by atoms with Crippen LogP contribution in [-0.2, 0) is 6.54 Å². The fraction of sp³-hybridized carbons (Fsp3) is 0.500. The second-order valence-electron chi connectivity index (χ2n) is 8.24. The molecule has 2 aromatic rings. The van der Waals surface area contributed by atoms with E-state index < -0.39 is 4.92 Å². The van der Waals surface area contributed by atoms with Gasteiger partial charge in [0.15, 0.2) is 0 Å². The largest absolute Gasteiger partial charge is 0.338 e. The van der Waals surface area contributed by atoms with Gasteiger partial charge in [0.05, 0.1) is 11.5 Å². The highest BCUT2D eigenvalue weighted by atomic mass is 16.6. The Hall–Kier alpha value is -2.74. The van der Waals surface area contributed by atoms with Crippen molar-refractivity contribution in [2.75, 3.05) is 13.1 Å². The number of nitrogens with two attached hydrogens (primary N) is 1. The molecular formula is C20H27N5O3. The average molecular weight is 385 g/mol. The summed E-state index contributed by atoms with van der Waals surface area (Å²) in [7, 11) is 0. The van der Waals surface area contributed by atoms with E-state index in [-0.39, 0.29) is 23.1 Å². The third-order valence-corrected chi connectivity index (χ3v) is 5.66. The number of hydrogen-bond acceptors (Lipinski definition) is 5. The molecule has 3 rings (SSSR count). The molecule has 1 aliphatic rings. The summed E-state index contributed by atoms with van der Waals surface area (Å²) in [6.45, 7) is 9.24. The molecule has 1 saturated heterocycles. The highest BCUT2D eigenvalue weighted by Gasteiger charge is 2.35. The number of likely N-dealkylation sites (tertiary alicyclic amines) is 1. The number of carbonyl (C=O) groups is 1. The summed E-state index contributed by atoms with van der Waals surface area (Å²) in [4.78, 5) is 25.4. The highest BCUT2D eigenvalue weighted by molar-refractivity contribution is 5.94. The normalized spacial score (nSPS) is 18.9. The second-order valence-corrected chi connectivity index (χ2v) is 8.24. The van der Waals surface area contributed by atoms with E-state index in [9.17, 15) is 14.9 Å². The van der Waals surface area contributed by atoms with Gasteiger partial charge in [-0.25, -0.2) is 0 Å². The minimum atomic E-state index is -0.401. The van der Waals surface area contributed by atoms with Gasteiger partial charge in [0, 0.05) is 24.7 Å². The first-order valence-electron chi connectivity index (χ1n) is 9.42. The molecule has 8 heteroatoms. The van der Waals surface area contributed by atoms with Crippen molar-refractivity contribution in [3.05, 3.63) is 56.9 Å². The number of benzene rings is 1. The molecular weight excluding hydrogens is 358 g/mol. The fourth-order valence-electron chi connectivity index (χ4n) is 3.76. The number of piperidine rings is 1. The van der Waals surface area contributed by atoms with E-state index in [1.165, 1.54) is 0 Å². The Labute approximate surface area is 164 Å². The van der Waals surface area contributed by atoms with Crippen LogP contribution >= 0.6 is 0 Å². The minimum absolute atomic E-state index is 0.00766. The van der Waals surface area contributed by atoms with Gasteiger partial charge in [0.25, 0.3) is 5.91 Å². The first kappa shape index (κ1) is 20.0. The molecule has 2 heterocycles.